The van der Waals surface area contributed by atoms with E-state index in [1.165, 1.54) is 44.5 Å². The number of aromatic nitrogens is 3. The van der Waals surface area contributed by atoms with Crippen molar-refractivity contribution in [3.8, 4) is 11.3 Å². The minimum absolute atomic E-state index is 0.0760. The molecule has 1 saturated heterocycles. The second kappa shape index (κ2) is 8.20. The third-order valence-corrected chi connectivity index (χ3v) is 7.56. The van der Waals surface area contributed by atoms with Crippen molar-refractivity contribution >= 4 is 0 Å². The maximum absolute atomic E-state index is 12.8. The molecule has 8 heteroatoms. The number of rotatable bonds is 5. The summed E-state index contributed by atoms with van der Waals surface area (Å²) < 4.78 is 46.2. The number of ether oxygens (including phenoxy) is 1. The molecule has 2 aliphatic carbocycles. The van der Waals surface area contributed by atoms with Gasteiger partial charge in [-0.25, -0.2) is 4.68 Å². The van der Waals surface area contributed by atoms with E-state index in [1.54, 1.807) is 7.11 Å². The lowest BCUT2D eigenvalue weighted by Crippen LogP contribution is -2.37. The molecule has 0 bridgehead atoms. The summed E-state index contributed by atoms with van der Waals surface area (Å²) in [5, 5.41) is 8.59. The van der Waals surface area contributed by atoms with Crippen molar-refractivity contribution in [2.45, 2.75) is 50.4 Å². The first kappa shape index (κ1) is 20.9. The summed E-state index contributed by atoms with van der Waals surface area (Å²) in [6.45, 7) is 3.55. The highest BCUT2D eigenvalue weighted by atomic mass is 19.4. The van der Waals surface area contributed by atoms with Crippen molar-refractivity contribution in [1.29, 1.82) is 0 Å². The number of fused-ring (bicyclic) bond motifs is 1. The molecule has 4 atom stereocenters. The van der Waals surface area contributed by atoms with Crippen LogP contribution in [0.15, 0.2) is 30.5 Å². The maximum atomic E-state index is 12.8. The zero-order valence-corrected chi connectivity index (χ0v) is 17.8. The molecule has 0 radical (unpaired) electrons. The van der Waals surface area contributed by atoms with Crippen molar-refractivity contribution in [2.75, 3.05) is 26.7 Å². The van der Waals surface area contributed by atoms with Gasteiger partial charge in [0.15, 0.2) is 0 Å². The maximum Gasteiger partial charge on any atom is 0.416 e. The van der Waals surface area contributed by atoms with Crippen molar-refractivity contribution in [3.63, 3.8) is 0 Å². The van der Waals surface area contributed by atoms with Crippen LogP contribution < -0.4 is 0 Å². The Hall–Kier alpha value is -1.93. The number of hydrogen-bond acceptors (Lipinski definition) is 4. The third kappa shape index (κ3) is 4.24. The van der Waals surface area contributed by atoms with Crippen LogP contribution in [0.4, 0.5) is 13.2 Å². The predicted octanol–water partition coefficient (Wildman–Crippen LogP) is 4.66. The van der Waals surface area contributed by atoms with Gasteiger partial charge in [0.1, 0.15) is 5.69 Å². The Morgan fingerprint density at radius 2 is 1.77 bits per heavy atom. The molecule has 1 aromatic carbocycles. The van der Waals surface area contributed by atoms with Gasteiger partial charge in [0.25, 0.3) is 0 Å². The molecule has 31 heavy (non-hydrogen) atoms. The molecule has 2 heterocycles. The second-order valence-corrected chi connectivity index (χ2v) is 9.51. The van der Waals surface area contributed by atoms with Gasteiger partial charge < -0.3 is 9.64 Å². The molecule has 0 amide bonds. The van der Waals surface area contributed by atoms with Crippen LogP contribution in [-0.4, -0.2) is 52.7 Å². The molecule has 2 aromatic rings. The van der Waals surface area contributed by atoms with Gasteiger partial charge in [0.05, 0.1) is 23.9 Å². The Labute approximate surface area is 180 Å². The first-order valence-electron chi connectivity index (χ1n) is 11.3. The van der Waals surface area contributed by atoms with E-state index in [9.17, 15) is 13.2 Å². The Morgan fingerprint density at radius 1 is 1.06 bits per heavy atom. The van der Waals surface area contributed by atoms with Gasteiger partial charge in [-0.05, 0) is 55.6 Å². The van der Waals surface area contributed by atoms with Gasteiger partial charge in [-0.2, -0.15) is 13.2 Å². The molecule has 5 nitrogen and oxygen atoms in total. The first-order valence-corrected chi connectivity index (χ1v) is 11.3. The average Bonchev–Trinajstić information content (AvgIpc) is 3.35. The lowest BCUT2D eigenvalue weighted by molar-refractivity contribution is -0.137. The lowest BCUT2D eigenvalue weighted by Gasteiger charge is -2.37. The molecule has 5 rings (SSSR count). The predicted molar refractivity (Wildman–Crippen MR) is 110 cm³/mol. The minimum Gasteiger partial charge on any atom is -0.379 e. The summed E-state index contributed by atoms with van der Waals surface area (Å²) in [7, 11) is 1.76. The molecule has 0 unspecified atom stereocenters. The standard InChI is InChI=1S/C23H29F3N4O/c1-31-22-10-18-13-29(11-15-3-2-4-15)12-17(18)9-21(22)30-14-20(27-28-30)16-5-7-19(8-6-16)23(24,25)26/h5-8,14-15,17-18,21-22H,2-4,9-13H2,1H3/t17-,18+,21-,22-/m1/s1. The molecule has 3 aliphatic rings. The van der Waals surface area contributed by atoms with E-state index in [0.29, 0.717) is 23.1 Å². The van der Waals surface area contributed by atoms with Crippen LogP contribution in [0, 0.1) is 17.8 Å². The fourth-order valence-electron chi connectivity index (χ4n) is 5.61. The molecule has 168 valence electrons. The van der Waals surface area contributed by atoms with Crippen LogP contribution in [0.25, 0.3) is 11.3 Å². The highest BCUT2D eigenvalue weighted by molar-refractivity contribution is 5.58. The fraction of sp³-hybridized carbons (Fsp3) is 0.652. The summed E-state index contributed by atoms with van der Waals surface area (Å²) in [6.07, 6.45) is 3.73. The molecule has 3 fully saturated rings. The fourth-order valence-corrected chi connectivity index (χ4v) is 5.61. The van der Waals surface area contributed by atoms with E-state index in [2.05, 4.69) is 15.2 Å². The number of methoxy groups -OCH3 is 1. The van der Waals surface area contributed by atoms with Crippen molar-refractivity contribution < 1.29 is 17.9 Å². The second-order valence-electron chi connectivity index (χ2n) is 9.51. The van der Waals surface area contributed by atoms with Gasteiger partial charge in [-0.1, -0.05) is 23.8 Å². The first-order chi connectivity index (χ1) is 14.9. The number of benzene rings is 1. The van der Waals surface area contributed by atoms with Crippen molar-refractivity contribution in [2.24, 2.45) is 17.8 Å². The third-order valence-electron chi connectivity index (χ3n) is 7.56. The summed E-state index contributed by atoms with van der Waals surface area (Å²) in [6, 6.07) is 5.19. The smallest absolute Gasteiger partial charge is 0.379 e. The molecule has 1 aliphatic heterocycles. The topological polar surface area (TPSA) is 43.2 Å². The highest BCUT2D eigenvalue weighted by Crippen LogP contribution is 2.43. The summed E-state index contributed by atoms with van der Waals surface area (Å²) in [5.74, 6) is 2.19. The Morgan fingerprint density at radius 3 is 2.39 bits per heavy atom. The lowest BCUT2D eigenvalue weighted by atomic mass is 9.77. The monoisotopic (exact) mass is 434 g/mol. The zero-order chi connectivity index (χ0) is 21.6. The van der Waals surface area contributed by atoms with Crippen LogP contribution in [0.5, 0.6) is 0 Å². The Bertz CT molecular complexity index is 893. The molecule has 0 spiro atoms. The van der Waals surface area contributed by atoms with E-state index in [4.69, 9.17) is 4.74 Å². The number of likely N-dealkylation sites (tertiary alicyclic amines) is 1. The Kier molecular flexibility index (Phi) is 5.54. The Balaban J connectivity index is 1.29. The number of nitrogens with zero attached hydrogens (tertiary/aromatic N) is 4. The minimum atomic E-state index is -4.34. The van der Waals surface area contributed by atoms with Crippen LogP contribution >= 0.6 is 0 Å². The summed E-state index contributed by atoms with van der Waals surface area (Å²) >= 11 is 0. The number of halogens is 3. The molecule has 2 saturated carbocycles. The quantitative estimate of drug-likeness (QED) is 0.687. The van der Waals surface area contributed by atoms with Gasteiger partial charge in [-0.3, -0.25) is 0 Å². The molecule has 1 aromatic heterocycles. The van der Waals surface area contributed by atoms with Crippen LogP contribution in [-0.2, 0) is 10.9 Å². The van der Waals surface area contributed by atoms with Gasteiger partial charge >= 0.3 is 6.18 Å². The van der Waals surface area contributed by atoms with E-state index < -0.39 is 11.7 Å². The summed E-state index contributed by atoms with van der Waals surface area (Å²) in [4.78, 5) is 2.64. The van der Waals surface area contributed by atoms with E-state index >= 15 is 0 Å². The van der Waals surface area contributed by atoms with Crippen LogP contribution in [0.1, 0.15) is 43.7 Å². The largest absolute Gasteiger partial charge is 0.416 e. The molecular formula is C23H29F3N4O. The van der Waals surface area contributed by atoms with E-state index in [-0.39, 0.29) is 12.1 Å². The van der Waals surface area contributed by atoms with Gasteiger partial charge in [0.2, 0.25) is 0 Å². The van der Waals surface area contributed by atoms with Crippen LogP contribution in [0.2, 0.25) is 0 Å². The van der Waals surface area contributed by atoms with Crippen LogP contribution in [0.3, 0.4) is 0 Å². The molecular weight excluding hydrogens is 405 g/mol. The van der Waals surface area contributed by atoms with Gasteiger partial charge in [0, 0.05) is 32.3 Å². The average molecular weight is 435 g/mol. The van der Waals surface area contributed by atoms with Crippen molar-refractivity contribution in [1.82, 2.24) is 19.9 Å². The molecule has 0 N–H and O–H groups in total. The SMILES string of the molecule is CO[C@@H]1C[C@H]2CN(CC3CCC3)C[C@H]2C[C@H]1n1cc(-c2ccc(C(F)(F)F)cc2)nn1. The summed E-state index contributed by atoms with van der Waals surface area (Å²) in [5.41, 5.74) is 0.562. The highest BCUT2D eigenvalue weighted by Gasteiger charge is 2.44. The van der Waals surface area contributed by atoms with E-state index in [0.717, 1.165) is 37.4 Å². The van der Waals surface area contributed by atoms with Crippen molar-refractivity contribution in [3.05, 3.63) is 36.0 Å². The normalized spacial score (nSPS) is 29.7. The van der Waals surface area contributed by atoms with Gasteiger partial charge in [-0.15, -0.1) is 5.10 Å². The zero-order valence-electron chi connectivity index (χ0n) is 17.8. The number of alkyl halides is 3. The number of hydrogen-bond donors (Lipinski definition) is 0. The van der Waals surface area contributed by atoms with E-state index in [1.807, 2.05) is 10.9 Å².